The van der Waals surface area contributed by atoms with Crippen LogP contribution in [0.5, 0.6) is 0 Å². The summed E-state index contributed by atoms with van der Waals surface area (Å²) in [4.78, 5) is 0. The van der Waals surface area contributed by atoms with Crippen molar-refractivity contribution < 1.29 is 0 Å². The van der Waals surface area contributed by atoms with Gasteiger partial charge in [0.25, 0.3) is 0 Å². The van der Waals surface area contributed by atoms with Gasteiger partial charge in [0.15, 0.2) is 0 Å². The molecule has 0 bridgehead atoms. The molecule has 0 aliphatic heterocycles. The molecule has 0 atom stereocenters. The molecule has 3 aliphatic rings. The van der Waals surface area contributed by atoms with E-state index in [1.807, 2.05) is 13.8 Å². The van der Waals surface area contributed by atoms with E-state index in [-0.39, 0.29) is 10.8 Å². The lowest BCUT2D eigenvalue weighted by atomic mass is 9.81. The van der Waals surface area contributed by atoms with Crippen LogP contribution in [0.3, 0.4) is 0 Å². The SMILES string of the molecule is C/C=C(\C=C/CC)c1ccc(C)cc1.CC.CC1=C(c2ccccc2C)CCC=C1.Cc1ccc2c(c1)C(C)(C)c1cc(C)ccc1-2.Cc1ccc2c(c1)C(C)(C)c1ccccc1-2. The normalized spacial score (nSPS) is 14.6. The van der Waals surface area contributed by atoms with E-state index >= 15 is 0 Å². The fraction of sp³-hybridized carbons (Fsp3) is 0.302. The van der Waals surface area contributed by atoms with Crippen LogP contribution in [0.25, 0.3) is 33.4 Å². The van der Waals surface area contributed by atoms with Crippen LogP contribution in [0, 0.1) is 34.6 Å². The number of rotatable bonds is 4. The van der Waals surface area contributed by atoms with E-state index in [9.17, 15) is 0 Å². The van der Waals surface area contributed by atoms with Crippen molar-refractivity contribution in [1.29, 1.82) is 0 Å². The van der Waals surface area contributed by atoms with Gasteiger partial charge < -0.3 is 0 Å². The smallest absolute Gasteiger partial charge is 0.0159 e. The molecule has 0 saturated carbocycles. The van der Waals surface area contributed by atoms with Crippen molar-refractivity contribution in [2.24, 2.45) is 0 Å². The van der Waals surface area contributed by atoms with Crippen LogP contribution in [0.2, 0.25) is 0 Å². The molecule has 0 radical (unpaired) electrons. The first kappa shape index (κ1) is 48.3. The number of benzene rings is 6. The van der Waals surface area contributed by atoms with Gasteiger partial charge in [-0.1, -0.05) is 228 Å². The standard InChI is InChI=1S/C17H18.C16H16.C14H16.C14H18.C2H6/c1-11-5-7-13-14-8-6-12(2)10-16(14)17(3,4)15(13)9-11;1-11-8-9-13-12-6-4-5-7-14(12)16(2,3)15(13)10-11;1-11-7-3-5-9-13(11)14-10-6-4-8-12(14)2;1-4-6-7-13(5-2)14-10-8-12(3)9-11-14;1-2/h5-10H,1-4H3;4-10H,1-3H3;3-5,7-9H,6,10H2,1-2H3;5-11H,4H2,1-3H3;1-2H3/b;;;7-6-,13-5+;. The molecule has 63 heavy (non-hydrogen) atoms. The maximum absolute atomic E-state index is 2.34. The zero-order chi connectivity index (χ0) is 45.9. The molecule has 3 aliphatic carbocycles. The molecular weight excluding hydrogens is 757 g/mol. The van der Waals surface area contributed by atoms with Gasteiger partial charge in [-0.05, 0) is 146 Å². The predicted octanol–water partition coefficient (Wildman–Crippen LogP) is 18.4. The molecule has 0 N–H and O–H groups in total. The highest BCUT2D eigenvalue weighted by atomic mass is 14.4. The zero-order valence-corrected chi connectivity index (χ0v) is 41.1. The Morgan fingerprint density at radius 3 is 1.44 bits per heavy atom. The third-order valence-electron chi connectivity index (χ3n) is 12.8. The van der Waals surface area contributed by atoms with Crippen LogP contribution in [-0.2, 0) is 10.8 Å². The summed E-state index contributed by atoms with van der Waals surface area (Å²) in [6, 6.07) is 46.5. The monoisotopic (exact) mass is 831 g/mol. The van der Waals surface area contributed by atoms with Crippen LogP contribution in [0.1, 0.15) is 143 Å². The lowest BCUT2D eigenvalue weighted by Crippen LogP contribution is -2.15. The van der Waals surface area contributed by atoms with E-state index in [4.69, 9.17) is 0 Å². The molecule has 326 valence electrons. The summed E-state index contributed by atoms with van der Waals surface area (Å²) in [5.41, 5.74) is 25.5. The summed E-state index contributed by atoms with van der Waals surface area (Å²) >= 11 is 0. The first-order valence-electron chi connectivity index (χ1n) is 23.4. The molecule has 0 spiro atoms. The van der Waals surface area contributed by atoms with Crippen molar-refractivity contribution in [3.63, 3.8) is 0 Å². The van der Waals surface area contributed by atoms with E-state index < -0.39 is 0 Å². The lowest BCUT2D eigenvalue weighted by Gasteiger charge is -2.22. The molecule has 0 nitrogen and oxygen atoms in total. The summed E-state index contributed by atoms with van der Waals surface area (Å²) in [6.45, 7) is 30.5. The Labute approximate surface area is 383 Å². The van der Waals surface area contributed by atoms with Crippen LogP contribution < -0.4 is 0 Å². The van der Waals surface area contributed by atoms with E-state index in [2.05, 4.69) is 241 Å². The Kier molecular flexibility index (Phi) is 16.5. The Bertz CT molecular complexity index is 2560. The molecule has 9 rings (SSSR count). The molecule has 6 aromatic carbocycles. The van der Waals surface area contributed by atoms with E-state index in [0.29, 0.717) is 0 Å². The predicted molar refractivity (Wildman–Crippen MR) is 280 cm³/mol. The molecule has 0 saturated heterocycles. The highest BCUT2D eigenvalue weighted by Crippen LogP contribution is 2.50. The van der Waals surface area contributed by atoms with Gasteiger partial charge in [-0.2, -0.15) is 0 Å². The van der Waals surface area contributed by atoms with Crippen molar-refractivity contribution in [2.45, 2.75) is 127 Å². The summed E-state index contributed by atoms with van der Waals surface area (Å²) < 4.78 is 0. The zero-order valence-electron chi connectivity index (χ0n) is 41.1. The van der Waals surface area contributed by atoms with Crippen LogP contribution >= 0.6 is 0 Å². The van der Waals surface area contributed by atoms with Crippen molar-refractivity contribution >= 4 is 11.1 Å². The highest BCUT2D eigenvalue weighted by molar-refractivity contribution is 5.82. The summed E-state index contributed by atoms with van der Waals surface area (Å²) in [6.07, 6.45) is 14.5. The van der Waals surface area contributed by atoms with Gasteiger partial charge in [-0.15, -0.1) is 0 Å². The quantitative estimate of drug-likeness (QED) is 0.155. The van der Waals surface area contributed by atoms with Crippen LogP contribution in [-0.4, -0.2) is 0 Å². The van der Waals surface area contributed by atoms with E-state index in [1.165, 1.54) is 113 Å². The second-order valence-corrected chi connectivity index (χ2v) is 18.3. The number of fused-ring (bicyclic) bond motifs is 6. The molecule has 0 unspecified atom stereocenters. The van der Waals surface area contributed by atoms with Crippen molar-refractivity contribution in [1.82, 2.24) is 0 Å². The van der Waals surface area contributed by atoms with Gasteiger partial charge in [0, 0.05) is 10.8 Å². The molecule has 0 fully saturated rings. The minimum absolute atomic E-state index is 0.142. The van der Waals surface area contributed by atoms with E-state index in [1.54, 1.807) is 0 Å². The number of hydrogen-bond acceptors (Lipinski definition) is 0. The average Bonchev–Trinajstić information content (AvgIpc) is 3.64. The Morgan fingerprint density at radius 1 is 0.524 bits per heavy atom. The second kappa shape index (κ2) is 21.6. The lowest BCUT2D eigenvalue weighted by molar-refractivity contribution is 0.659. The molecule has 0 heterocycles. The molecule has 0 heteroatoms. The van der Waals surface area contributed by atoms with Crippen LogP contribution in [0.4, 0.5) is 0 Å². The summed E-state index contributed by atoms with van der Waals surface area (Å²) in [5.74, 6) is 0. The van der Waals surface area contributed by atoms with Gasteiger partial charge >= 0.3 is 0 Å². The largest absolute Gasteiger partial charge is 0.0842 e. The molecular formula is C63H74. The molecule has 0 aromatic heterocycles. The maximum atomic E-state index is 2.34. The highest BCUT2D eigenvalue weighted by Gasteiger charge is 2.36. The Hall–Kier alpha value is -5.72. The summed E-state index contributed by atoms with van der Waals surface area (Å²) in [7, 11) is 0. The van der Waals surface area contributed by atoms with Gasteiger partial charge in [0.1, 0.15) is 0 Å². The number of aryl methyl sites for hydroxylation is 5. The average molecular weight is 831 g/mol. The number of allylic oxidation sites excluding steroid dienone is 8. The minimum Gasteiger partial charge on any atom is -0.0842 e. The fourth-order valence-electron chi connectivity index (χ4n) is 9.18. The third-order valence-corrected chi connectivity index (χ3v) is 12.8. The molecule has 0 amide bonds. The summed E-state index contributed by atoms with van der Waals surface area (Å²) in [5, 5.41) is 0. The fourth-order valence-corrected chi connectivity index (χ4v) is 9.18. The van der Waals surface area contributed by atoms with Gasteiger partial charge in [0.05, 0.1) is 0 Å². The van der Waals surface area contributed by atoms with Gasteiger partial charge in [-0.25, -0.2) is 0 Å². The first-order chi connectivity index (χ1) is 30.2. The molecule has 6 aromatic rings. The van der Waals surface area contributed by atoms with Crippen LogP contribution in [0.15, 0.2) is 163 Å². The first-order valence-corrected chi connectivity index (χ1v) is 23.4. The minimum atomic E-state index is 0.142. The van der Waals surface area contributed by atoms with Gasteiger partial charge in [-0.3, -0.25) is 0 Å². The van der Waals surface area contributed by atoms with Crippen molar-refractivity contribution in [3.8, 4) is 22.3 Å². The van der Waals surface area contributed by atoms with E-state index in [0.717, 1.165) is 6.42 Å². The Balaban J connectivity index is 0.000000157. The van der Waals surface area contributed by atoms with Crippen molar-refractivity contribution in [2.75, 3.05) is 0 Å². The van der Waals surface area contributed by atoms with Gasteiger partial charge in [0.2, 0.25) is 0 Å². The second-order valence-electron chi connectivity index (χ2n) is 18.3. The number of hydrogen-bond donors (Lipinski definition) is 0. The maximum Gasteiger partial charge on any atom is 0.0159 e. The topological polar surface area (TPSA) is 0 Å². The third kappa shape index (κ3) is 11.1. The Morgan fingerprint density at radius 2 is 0.968 bits per heavy atom. The van der Waals surface area contributed by atoms with Crippen molar-refractivity contribution in [3.05, 3.63) is 225 Å².